The molecule has 5 aromatic heterocycles. The molecule has 0 atom stereocenters. The number of nitrogens with zero attached hydrogens (tertiary/aromatic N) is 4. The van der Waals surface area contributed by atoms with Crippen molar-refractivity contribution in [2.24, 2.45) is 21.8 Å². The SMILES string of the molecule is CCOC(=O)C1=C(C(C)C)/C(=C(\Oc2c(C)cc(C)cc2C)c2[n-]c(Oc3ccc4ccc(=O)oc4c3)cc2C(C)C)N=C1Oc1ccc2c(c1)OC(=O)CC2.CCc1c(Oc2ccc3ccc(=O)oc3c2)[n-]c(/C(Oc2c(C)cc(C)cc2C)=C2\N=C(Oc3ccc4ccc(=O)oc4c3)C=C2C(C)C)c1C(C)C.[Co+2]. The molecule has 8 heterocycles. The van der Waals surface area contributed by atoms with Crippen molar-refractivity contribution in [3.8, 4) is 52.0 Å². The van der Waals surface area contributed by atoms with E-state index in [0.29, 0.717) is 122 Å². The first kappa shape index (κ1) is 77.7. The number of hydrogen-bond donors (Lipinski definition) is 0. The molecular formula is C89H84CoN4O16. The first-order valence-corrected chi connectivity index (χ1v) is 36.5. The molecule has 0 N–H and O–H groups in total. The van der Waals surface area contributed by atoms with Gasteiger partial charge in [-0.3, -0.25) is 4.79 Å². The number of hydrogen-bond acceptors (Lipinski definition) is 18. The summed E-state index contributed by atoms with van der Waals surface area (Å²) in [5, 5.41) is 2.32. The molecule has 11 aromatic rings. The van der Waals surface area contributed by atoms with Crippen LogP contribution in [-0.2, 0) is 43.9 Å². The van der Waals surface area contributed by atoms with Crippen molar-refractivity contribution in [1.82, 2.24) is 9.97 Å². The van der Waals surface area contributed by atoms with Crippen LogP contribution in [0.4, 0.5) is 0 Å². The number of benzene rings is 6. The molecule has 0 spiro atoms. The van der Waals surface area contributed by atoms with Crippen molar-refractivity contribution < 1.29 is 77.5 Å². The molecule has 0 saturated carbocycles. The predicted octanol–water partition coefficient (Wildman–Crippen LogP) is 19.3. The summed E-state index contributed by atoms with van der Waals surface area (Å²) in [6.07, 6.45) is 3.42. The molecule has 14 rings (SSSR count). The van der Waals surface area contributed by atoms with Crippen LogP contribution >= 0.6 is 0 Å². The van der Waals surface area contributed by atoms with Crippen molar-refractivity contribution >= 4 is 68.2 Å². The Morgan fingerprint density at radius 3 is 1.51 bits per heavy atom. The van der Waals surface area contributed by atoms with Crippen LogP contribution < -0.4 is 60.0 Å². The van der Waals surface area contributed by atoms with E-state index in [9.17, 15) is 24.0 Å². The van der Waals surface area contributed by atoms with Crippen molar-refractivity contribution in [1.29, 1.82) is 0 Å². The maximum atomic E-state index is 13.9. The summed E-state index contributed by atoms with van der Waals surface area (Å²) in [7, 11) is 0. The van der Waals surface area contributed by atoms with E-state index in [1.807, 2.05) is 117 Å². The Morgan fingerprint density at radius 2 is 1.01 bits per heavy atom. The molecule has 1 radical (unpaired) electrons. The van der Waals surface area contributed by atoms with E-state index in [4.69, 9.17) is 71.1 Å². The Labute approximate surface area is 646 Å². The number of carbonyl (C=O) groups excluding carboxylic acids is 2. The fourth-order valence-corrected chi connectivity index (χ4v) is 13.9. The monoisotopic (exact) mass is 1520 g/mol. The van der Waals surface area contributed by atoms with Crippen LogP contribution in [0.3, 0.4) is 0 Å². The van der Waals surface area contributed by atoms with Crippen LogP contribution in [0.1, 0.15) is 155 Å². The molecular weight excluding hydrogens is 1440 g/mol. The standard InChI is InChI=1S/C45H44N2O9.C44H41N2O7.Co/c1-9-51-45(50)39-38(24(4)5)41(47-44(39)53-31-15-11-29-13-17-37(49)55-34(29)21-31)43(56-42-26(7)18-25(6)19-27(42)8)40-32(23(2)3)22-35(46-40)52-30-14-10-28-12-16-36(48)54-33(28)20-30;1-9-32-39(24(4)5)41(46-44(32)50-31-15-11-29-13-17-38(48)52-35(29)21-31)43(53-42-26(7)18-25(6)19-27(42)8)40-33(23(2)3)22-36(45-40)49-30-14-10-28-12-16-37(47)51-34(28)20-30;/h10-12,14-16,18-24H,9,13,17H2,1-8H3,(H,46,47,50);10-24H,9H2,1-8H3;/q;-1;+2/p-1. The first-order chi connectivity index (χ1) is 52.2. The normalized spacial score (nSPS) is 14.3. The largest absolute Gasteiger partial charge is 2.00 e. The topological polar surface area (TPSA) is 252 Å². The summed E-state index contributed by atoms with van der Waals surface area (Å²) in [5.74, 6) is 4.15. The van der Waals surface area contributed by atoms with E-state index >= 15 is 0 Å². The number of esters is 2. The molecule has 0 amide bonds. The molecule has 110 heavy (non-hydrogen) atoms. The van der Waals surface area contributed by atoms with E-state index in [1.165, 1.54) is 18.2 Å². The van der Waals surface area contributed by atoms with Crippen LogP contribution in [0.2, 0.25) is 0 Å². The Bertz CT molecular complexity index is 5840. The zero-order valence-corrected chi connectivity index (χ0v) is 65.2. The number of aliphatic imine (C=N–C) groups is 2. The summed E-state index contributed by atoms with van der Waals surface area (Å²) < 4.78 is 66.9. The molecule has 0 unspecified atom stereocenters. The predicted molar refractivity (Wildman–Crippen MR) is 419 cm³/mol. The van der Waals surface area contributed by atoms with Crippen LogP contribution in [0.25, 0.3) is 44.4 Å². The summed E-state index contributed by atoms with van der Waals surface area (Å²) >= 11 is 0. The van der Waals surface area contributed by atoms with Crippen molar-refractivity contribution in [2.75, 3.05) is 6.61 Å². The van der Waals surface area contributed by atoms with Crippen LogP contribution in [-0.4, -0.2) is 30.3 Å². The summed E-state index contributed by atoms with van der Waals surface area (Å²) in [4.78, 5) is 82.2. The fourth-order valence-electron chi connectivity index (χ4n) is 13.9. The van der Waals surface area contributed by atoms with E-state index in [1.54, 1.807) is 67.6 Å². The Hall–Kier alpha value is -11.9. The third-order valence-corrected chi connectivity index (χ3v) is 18.8. The van der Waals surface area contributed by atoms with Crippen molar-refractivity contribution in [3.05, 3.63) is 272 Å². The average Bonchev–Trinajstić information content (AvgIpc) is 1.61. The van der Waals surface area contributed by atoms with Gasteiger partial charge in [0.25, 0.3) is 0 Å². The number of ether oxygens (including phenoxy) is 8. The number of allylic oxidation sites excluding steroid dienone is 2. The number of aryl methyl sites for hydroxylation is 7. The fraction of sp³-hybridized carbons (Fsp3) is 0.270. The van der Waals surface area contributed by atoms with E-state index in [-0.39, 0.29) is 70.4 Å². The van der Waals surface area contributed by atoms with Gasteiger partial charge < -0.3 is 61.1 Å². The maximum absolute atomic E-state index is 13.9. The van der Waals surface area contributed by atoms with Gasteiger partial charge in [-0.25, -0.2) is 29.2 Å². The number of aromatic nitrogens is 2. The molecule has 3 aliphatic rings. The number of carbonyl (C=O) groups is 2. The Morgan fingerprint density at radius 1 is 0.509 bits per heavy atom. The molecule has 6 aromatic carbocycles. The zero-order valence-electron chi connectivity index (χ0n) is 64.1. The quantitative estimate of drug-likeness (QED) is 0.0316. The Balaban J connectivity index is 0.000000203. The zero-order chi connectivity index (χ0) is 77.4. The minimum absolute atomic E-state index is 0. The second-order valence-corrected chi connectivity index (χ2v) is 28.5. The number of rotatable bonds is 19. The molecule has 20 nitrogen and oxygen atoms in total. The number of fused-ring (bicyclic) bond motifs is 4. The first-order valence-electron chi connectivity index (χ1n) is 36.5. The van der Waals surface area contributed by atoms with Gasteiger partial charge in [0.1, 0.15) is 85.5 Å². The molecule has 3 aliphatic heterocycles. The third kappa shape index (κ3) is 16.5. The van der Waals surface area contributed by atoms with Gasteiger partial charge in [-0.2, -0.15) is 0 Å². The molecule has 21 heteroatoms. The summed E-state index contributed by atoms with van der Waals surface area (Å²) in [6, 6.07) is 40.6. The van der Waals surface area contributed by atoms with E-state index in [2.05, 4.69) is 53.7 Å². The van der Waals surface area contributed by atoms with Gasteiger partial charge in [-0.15, -0.1) is 0 Å². The van der Waals surface area contributed by atoms with E-state index in [0.717, 1.165) is 83.1 Å². The van der Waals surface area contributed by atoms with Gasteiger partial charge in [0.15, 0.2) is 0 Å². The van der Waals surface area contributed by atoms with Gasteiger partial charge in [0.2, 0.25) is 11.8 Å². The molecule has 0 aliphatic carbocycles. The second kappa shape index (κ2) is 32.5. The molecule has 0 saturated heterocycles. The van der Waals surface area contributed by atoms with Crippen LogP contribution in [0.5, 0.6) is 52.0 Å². The maximum Gasteiger partial charge on any atom is 2.00 e. The third-order valence-electron chi connectivity index (χ3n) is 18.8. The van der Waals surface area contributed by atoms with Crippen molar-refractivity contribution in [3.63, 3.8) is 0 Å². The molecule has 0 bridgehead atoms. The van der Waals surface area contributed by atoms with Gasteiger partial charge in [0, 0.05) is 82.0 Å². The molecule has 565 valence electrons. The minimum Gasteiger partial charge on any atom is -0.624 e. The van der Waals surface area contributed by atoms with Gasteiger partial charge >= 0.3 is 45.6 Å². The van der Waals surface area contributed by atoms with Gasteiger partial charge in [0.05, 0.1) is 13.0 Å². The minimum atomic E-state index is -0.608. The average molecular weight is 1520 g/mol. The smallest absolute Gasteiger partial charge is 0.624 e. The Kier molecular flexibility index (Phi) is 22.9. The van der Waals surface area contributed by atoms with Gasteiger partial charge in [-0.1, -0.05) is 126 Å². The summed E-state index contributed by atoms with van der Waals surface area (Å²) in [5.41, 5.74) is 13.1. The van der Waals surface area contributed by atoms with Crippen LogP contribution in [0.15, 0.2) is 211 Å². The van der Waals surface area contributed by atoms with E-state index < -0.39 is 22.8 Å². The second-order valence-electron chi connectivity index (χ2n) is 28.5. The molecule has 0 fully saturated rings. The van der Waals surface area contributed by atoms with Crippen molar-refractivity contribution in [2.45, 2.75) is 142 Å². The van der Waals surface area contributed by atoms with Gasteiger partial charge in [-0.05, 0) is 191 Å². The summed E-state index contributed by atoms with van der Waals surface area (Å²) in [6.45, 7) is 32.5. The van der Waals surface area contributed by atoms with Crippen LogP contribution in [0, 0.1) is 53.4 Å².